The third kappa shape index (κ3) is 2.98. The number of aromatic nitrogens is 2. The quantitative estimate of drug-likeness (QED) is 0.860. The summed E-state index contributed by atoms with van der Waals surface area (Å²) in [6.45, 7) is 1.000. The predicted octanol–water partition coefficient (Wildman–Crippen LogP) is 1.66. The van der Waals surface area contributed by atoms with E-state index < -0.39 is 0 Å². The Kier molecular flexibility index (Phi) is 3.96. The minimum Gasteiger partial charge on any atom is -0.349 e. The largest absolute Gasteiger partial charge is 0.349 e. The lowest BCUT2D eigenvalue weighted by Crippen LogP contribution is -2.57. The molecule has 1 amide bonds. The van der Waals surface area contributed by atoms with Crippen molar-refractivity contribution in [1.29, 1.82) is 0 Å². The number of rotatable bonds is 2. The minimum absolute atomic E-state index is 0.0299. The van der Waals surface area contributed by atoms with Crippen molar-refractivity contribution in [2.24, 2.45) is 0 Å². The van der Waals surface area contributed by atoms with Crippen LogP contribution in [-0.4, -0.2) is 34.2 Å². The molecule has 2 heterocycles. The van der Waals surface area contributed by atoms with Crippen LogP contribution in [0.25, 0.3) is 0 Å². The van der Waals surface area contributed by atoms with Crippen molar-refractivity contribution in [1.82, 2.24) is 20.8 Å². The van der Waals surface area contributed by atoms with E-state index in [1.165, 1.54) is 38.3 Å². The van der Waals surface area contributed by atoms with Gasteiger partial charge in [0, 0.05) is 11.6 Å². The normalized spacial score (nSPS) is 25.3. The number of piperidine rings is 1. The molecule has 3 rings (SSSR count). The van der Waals surface area contributed by atoms with Crippen molar-refractivity contribution in [3.63, 3.8) is 0 Å². The lowest BCUT2D eigenvalue weighted by Gasteiger charge is -2.44. The Labute approximate surface area is 119 Å². The third-order valence-corrected chi connectivity index (χ3v) is 4.62. The summed E-state index contributed by atoms with van der Waals surface area (Å²) in [6.07, 6.45) is 11.6. The molecule has 20 heavy (non-hydrogen) atoms. The van der Waals surface area contributed by atoms with Crippen LogP contribution in [0.1, 0.15) is 55.3 Å². The molecular formula is C15H22N4O. The molecule has 2 fully saturated rings. The molecule has 1 aromatic rings. The number of nitrogens with zero attached hydrogens (tertiary/aromatic N) is 2. The lowest BCUT2D eigenvalue weighted by molar-refractivity contribution is 0.0892. The van der Waals surface area contributed by atoms with Crippen molar-refractivity contribution in [2.75, 3.05) is 6.54 Å². The molecule has 1 aromatic heterocycles. The monoisotopic (exact) mass is 274 g/mol. The number of nitrogens with one attached hydrogen (secondary N) is 2. The molecule has 1 saturated heterocycles. The summed E-state index contributed by atoms with van der Waals surface area (Å²) in [6, 6.07) is 1.98. The fraction of sp³-hybridized carbons (Fsp3) is 0.667. The Morgan fingerprint density at radius 3 is 2.90 bits per heavy atom. The standard InChI is InChI=1S/C15H22N4O/c20-14(12-4-9-17-18-11-12)19-13-5-8-16-15(10-13)6-2-1-3-7-15/h4,9,11,13,16H,1-3,5-8,10H2,(H,19,20). The molecule has 0 radical (unpaired) electrons. The summed E-state index contributed by atoms with van der Waals surface area (Å²) in [5.41, 5.74) is 0.863. The van der Waals surface area contributed by atoms with Crippen molar-refractivity contribution < 1.29 is 4.79 Å². The Morgan fingerprint density at radius 1 is 1.30 bits per heavy atom. The van der Waals surface area contributed by atoms with Gasteiger partial charge < -0.3 is 10.6 Å². The Morgan fingerprint density at radius 2 is 2.15 bits per heavy atom. The zero-order valence-electron chi connectivity index (χ0n) is 11.8. The van der Waals surface area contributed by atoms with Crippen molar-refractivity contribution in [2.45, 2.75) is 56.5 Å². The van der Waals surface area contributed by atoms with Crippen molar-refractivity contribution in [3.05, 3.63) is 24.0 Å². The van der Waals surface area contributed by atoms with Crippen LogP contribution in [0, 0.1) is 0 Å². The van der Waals surface area contributed by atoms with Gasteiger partial charge in [0.15, 0.2) is 0 Å². The molecule has 2 N–H and O–H groups in total. The van der Waals surface area contributed by atoms with E-state index in [2.05, 4.69) is 20.8 Å². The zero-order chi connectivity index (χ0) is 13.8. The average Bonchev–Trinajstić information content (AvgIpc) is 2.49. The van der Waals surface area contributed by atoms with Gasteiger partial charge in [0.25, 0.3) is 5.91 Å². The second-order valence-corrected chi connectivity index (χ2v) is 6.06. The third-order valence-electron chi connectivity index (χ3n) is 4.62. The molecule has 2 aliphatic rings. The molecule has 1 spiro atoms. The number of carbonyl (C=O) groups excluding carboxylic acids is 1. The van der Waals surface area contributed by atoms with Crippen LogP contribution in [-0.2, 0) is 0 Å². The van der Waals surface area contributed by atoms with E-state index in [0.717, 1.165) is 19.4 Å². The van der Waals surface area contributed by atoms with Gasteiger partial charge >= 0.3 is 0 Å². The molecule has 1 saturated carbocycles. The van der Waals surface area contributed by atoms with Gasteiger partial charge in [-0.3, -0.25) is 4.79 Å². The van der Waals surface area contributed by atoms with E-state index in [4.69, 9.17) is 0 Å². The number of carbonyl (C=O) groups is 1. The van der Waals surface area contributed by atoms with E-state index in [1.54, 1.807) is 12.3 Å². The van der Waals surface area contributed by atoms with Crippen LogP contribution < -0.4 is 10.6 Å². The van der Waals surface area contributed by atoms with Gasteiger partial charge in [-0.05, 0) is 38.3 Å². The maximum Gasteiger partial charge on any atom is 0.253 e. The van der Waals surface area contributed by atoms with Crippen LogP contribution in [0.2, 0.25) is 0 Å². The first-order valence-corrected chi connectivity index (χ1v) is 7.60. The highest BCUT2D eigenvalue weighted by atomic mass is 16.1. The van der Waals surface area contributed by atoms with Crippen LogP contribution in [0.4, 0.5) is 0 Å². The minimum atomic E-state index is -0.0299. The molecule has 1 aliphatic heterocycles. The predicted molar refractivity (Wildman–Crippen MR) is 76.3 cm³/mol. The second kappa shape index (κ2) is 5.87. The molecule has 0 bridgehead atoms. The number of amides is 1. The fourth-order valence-electron chi connectivity index (χ4n) is 3.58. The van der Waals surface area contributed by atoms with Gasteiger partial charge in [-0.25, -0.2) is 0 Å². The van der Waals surface area contributed by atoms with Gasteiger partial charge in [-0.15, -0.1) is 0 Å². The van der Waals surface area contributed by atoms with Crippen LogP contribution in [0.15, 0.2) is 18.5 Å². The number of hydrogen-bond donors (Lipinski definition) is 2. The average molecular weight is 274 g/mol. The van der Waals surface area contributed by atoms with Gasteiger partial charge in [0.2, 0.25) is 0 Å². The van der Waals surface area contributed by atoms with Gasteiger partial charge in [-0.1, -0.05) is 19.3 Å². The molecule has 1 atom stereocenters. The molecule has 108 valence electrons. The van der Waals surface area contributed by atoms with Gasteiger partial charge in [0.1, 0.15) is 0 Å². The van der Waals surface area contributed by atoms with Crippen molar-refractivity contribution >= 4 is 5.91 Å². The maximum atomic E-state index is 12.2. The van der Waals surface area contributed by atoms with E-state index >= 15 is 0 Å². The smallest absolute Gasteiger partial charge is 0.253 e. The van der Waals surface area contributed by atoms with Gasteiger partial charge in [-0.2, -0.15) is 10.2 Å². The molecule has 5 heteroatoms. The molecule has 0 aromatic carbocycles. The van der Waals surface area contributed by atoms with Crippen molar-refractivity contribution in [3.8, 4) is 0 Å². The maximum absolute atomic E-state index is 12.2. The zero-order valence-corrected chi connectivity index (χ0v) is 11.8. The van der Waals surface area contributed by atoms with Crippen LogP contribution >= 0.6 is 0 Å². The van der Waals surface area contributed by atoms with E-state index in [1.807, 2.05) is 0 Å². The van der Waals surface area contributed by atoms with Crippen LogP contribution in [0.5, 0.6) is 0 Å². The van der Waals surface area contributed by atoms with E-state index in [9.17, 15) is 4.79 Å². The van der Waals surface area contributed by atoms with Gasteiger partial charge in [0.05, 0.1) is 18.0 Å². The summed E-state index contributed by atoms with van der Waals surface area (Å²) < 4.78 is 0. The highest BCUT2D eigenvalue weighted by Gasteiger charge is 2.37. The molecule has 5 nitrogen and oxygen atoms in total. The summed E-state index contributed by atoms with van der Waals surface area (Å²) >= 11 is 0. The summed E-state index contributed by atoms with van der Waals surface area (Å²) in [4.78, 5) is 12.2. The summed E-state index contributed by atoms with van der Waals surface area (Å²) in [5, 5.41) is 14.3. The molecular weight excluding hydrogens is 252 g/mol. The molecule has 1 aliphatic carbocycles. The van der Waals surface area contributed by atoms with E-state index in [0.29, 0.717) is 5.56 Å². The Bertz CT molecular complexity index is 451. The summed E-state index contributed by atoms with van der Waals surface area (Å²) in [7, 11) is 0. The lowest BCUT2D eigenvalue weighted by atomic mass is 9.75. The first kappa shape index (κ1) is 13.5. The Hall–Kier alpha value is -1.49. The summed E-state index contributed by atoms with van der Waals surface area (Å²) in [5.74, 6) is -0.0299. The second-order valence-electron chi connectivity index (χ2n) is 6.06. The number of hydrogen-bond acceptors (Lipinski definition) is 4. The topological polar surface area (TPSA) is 66.9 Å². The SMILES string of the molecule is O=C(NC1CCNC2(CCCCC2)C1)c1ccnnc1. The highest BCUT2D eigenvalue weighted by Crippen LogP contribution is 2.34. The molecule has 1 unspecified atom stereocenters. The first-order valence-electron chi connectivity index (χ1n) is 7.60. The van der Waals surface area contributed by atoms with E-state index in [-0.39, 0.29) is 17.5 Å². The Balaban J connectivity index is 1.61. The first-order chi connectivity index (χ1) is 9.77. The fourth-order valence-corrected chi connectivity index (χ4v) is 3.58. The van der Waals surface area contributed by atoms with Crippen LogP contribution in [0.3, 0.4) is 0 Å². The highest BCUT2D eigenvalue weighted by molar-refractivity contribution is 5.93.